The predicted molar refractivity (Wildman–Crippen MR) is 141 cm³/mol. The standard InChI is InChI=1S/C30H30FN3O3/c31-23-11-14-25-22(18-23)20-37-29-8-2-1-6-26(29)34(25)30(36)27-7-5-17-33(27)28(19-35)21-9-12-24(13-10-21)32-15-3-4-16-32/h1-2,6,8-14,18-19,27-28H,3-5,7,15-17,20H2/t27?,28-/m0/s1. The molecule has 0 N–H and O–H groups in total. The number of hydrogen-bond donors (Lipinski definition) is 0. The lowest BCUT2D eigenvalue weighted by atomic mass is 10.0. The molecule has 190 valence electrons. The molecule has 2 atom stereocenters. The van der Waals surface area contributed by atoms with E-state index in [2.05, 4.69) is 17.0 Å². The van der Waals surface area contributed by atoms with Crippen LogP contribution in [0.1, 0.15) is 42.9 Å². The molecule has 6 rings (SSSR count). The molecule has 2 fully saturated rings. The molecule has 37 heavy (non-hydrogen) atoms. The van der Waals surface area contributed by atoms with Crippen molar-refractivity contribution in [2.45, 2.75) is 44.4 Å². The summed E-state index contributed by atoms with van der Waals surface area (Å²) >= 11 is 0. The number of anilines is 3. The number of amides is 1. The fourth-order valence-electron chi connectivity index (χ4n) is 5.92. The van der Waals surface area contributed by atoms with Gasteiger partial charge in [0, 0.05) is 30.9 Å². The molecule has 0 saturated carbocycles. The van der Waals surface area contributed by atoms with Crippen molar-refractivity contribution < 1.29 is 18.7 Å². The maximum Gasteiger partial charge on any atom is 0.249 e. The van der Waals surface area contributed by atoms with Crippen molar-refractivity contribution in [3.05, 3.63) is 83.7 Å². The molecule has 3 heterocycles. The fourth-order valence-corrected chi connectivity index (χ4v) is 5.92. The average Bonchev–Trinajstić information content (AvgIpc) is 3.60. The van der Waals surface area contributed by atoms with Gasteiger partial charge < -0.3 is 14.4 Å². The quantitative estimate of drug-likeness (QED) is 0.441. The Morgan fingerprint density at radius 2 is 1.73 bits per heavy atom. The van der Waals surface area contributed by atoms with Gasteiger partial charge in [-0.25, -0.2) is 4.39 Å². The molecule has 3 aromatic rings. The van der Waals surface area contributed by atoms with Crippen LogP contribution in [0.3, 0.4) is 0 Å². The average molecular weight is 500 g/mol. The first-order chi connectivity index (χ1) is 18.1. The number of likely N-dealkylation sites (tertiary alicyclic amines) is 1. The van der Waals surface area contributed by atoms with E-state index in [9.17, 15) is 14.0 Å². The largest absolute Gasteiger partial charge is 0.487 e. The number of aldehydes is 1. The second kappa shape index (κ2) is 9.98. The van der Waals surface area contributed by atoms with Gasteiger partial charge in [-0.2, -0.15) is 0 Å². The smallest absolute Gasteiger partial charge is 0.249 e. The van der Waals surface area contributed by atoms with E-state index in [4.69, 9.17) is 4.74 Å². The number of carbonyl (C=O) groups excluding carboxylic acids is 2. The number of ether oxygens (including phenoxy) is 1. The van der Waals surface area contributed by atoms with Crippen LogP contribution < -0.4 is 14.5 Å². The van der Waals surface area contributed by atoms with E-state index < -0.39 is 12.1 Å². The Labute approximate surface area is 216 Å². The number of rotatable bonds is 5. The highest BCUT2D eigenvalue weighted by Gasteiger charge is 2.40. The van der Waals surface area contributed by atoms with Gasteiger partial charge in [-0.1, -0.05) is 24.3 Å². The summed E-state index contributed by atoms with van der Waals surface area (Å²) in [6.45, 7) is 2.94. The normalized spacial score (nSPS) is 20.1. The SMILES string of the molecule is O=C[C@@H](c1ccc(N2CCCC2)cc1)N1CCCC1C(=O)N1c2ccc(F)cc2COc2ccccc21. The summed E-state index contributed by atoms with van der Waals surface area (Å²) < 4.78 is 20.1. The van der Waals surface area contributed by atoms with Crippen LogP contribution in [0.25, 0.3) is 0 Å². The number of fused-ring (bicyclic) bond motifs is 2. The predicted octanol–water partition coefficient (Wildman–Crippen LogP) is 5.39. The Hall–Kier alpha value is -3.71. The first-order valence-electron chi connectivity index (χ1n) is 13.0. The lowest BCUT2D eigenvalue weighted by molar-refractivity contribution is -0.124. The van der Waals surface area contributed by atoms with Crippen molar-refractivity contribution in [3.63, 3.8) is 0 Å². The van der Waals surface area contributed by atoms with Gasteiger partial charge in [-0.15, -0.1) is 0 Å². The third kappa shape index (κ3) is 4.37. The topological polar surface area (TPSA) is 53.1 Å². The highest BCUT2D eigenvalue weighted by atomic mass is 19.1. The van der Waals surface area contributed by atoms with E-state index in [1.807, 2.05) is 41.3 Å². The van der Waals surface area contributed by atoms with Gasteiger partial charge in [0.1, 0.15) is 24.5 Å². The second-order valence-electron chi connectivity index (χ2n) is 9.97. The maximum absolute atomic E-state index is 14.3. The van der Waals surface area contributed by atoms with Crippen LogP contribution in [-0.4, -0.2) is 42.8 Å². The van der Waals surface area contributed by atoms with Gasteiger partial charge >= 0.3 is 0 Å². The summed E-state index contributed by atoms with van der Waals surface area (Å²) in [5.74, 6) is 0.0619. The first kappa shape index (κ1) is 23.7. The second-order valence-corrected chi connectivity index (χ2v) is 9.97. The molecule has 3 aromatic carbocycles. The summed E-state index contributed by atoms with van der Waals surface area (Å²) in [5, 5.41) is 0. The monoisotopic (exact) mass is 499 g/mol. The van der Waals surface area contributed by atoms with Crippen molar-refractivity contribution in [1.82, 2.24) is 4.90 Å². The molecule has 0 aliphatic carbocycles. The first-order valence-corrected chi connectivity index (χ1v) is 13.0. The van der Waals surface area contributed by atoms with E-state index in [0.717, 1.165) is 31.4 Å². The van der Waals surface area contributed by atoms with Gasteiger partial charge in [0.05, 0.1) is 23.5 Å². The van der Waals surface area contributed by atoms with E-state index in [1.54, 1.807) is 11.0 Å². The van der Waals surface area contributed by atoms with Crippen LogP contribution in [-0.2, 0) is 16.2 Å². The Morgan fingerprint density at radius 1 is 0.946 bits per heavy atom. The molecule has 0 aromatic heterocycles. The lowest BCUT2D eigenvalue weighted by Crippen LogP contribution is -2.46. The molecule has 3 aliphatic heterocycles. The molecule has 0 radical (unpaired) electrons. The van der Waals surface area contributed by atoms with E-state index in [-0.39, 0.29) is 18.3 Å². The van der Waals surface area contributed by atoms with E-state index in [1.165, 1.54) is 30.7 Å². The van der Waals surface area contributed by atoms with Crippen LogP contribution in [0.4, 0.5) is 21.5 Å². The summed E-state index contributed by atoms with van der Waals surface area (Å²) in [6.07, 6.45) is 4.81. The van der Waals surface area contributed by atoms with Crippen molar-refractivity contribution in [2.24, 2.45) is 0 Å². The molecular weight excluding hydrogens is 469 g/mol. The zero-order valence-corrected chi connectivity index (χ0v) is 20.7. The van der Waals surface area contributed by atoms with Gasteiger partial charge in [0.15, 0.2) is 0 Å². The molecule has 2 saturated heterocycles. The molecule has 3 aliphatic rings. The van der Waals surface area contributed by atoms with Crippen molar-refractivity contribution >= 4 is 29.3 Å². The summed E-state index contributed by atoms with van der Waals surface area (Å²) in [6, 6.07) is 19.0. The zero-order chi connectivity index (χ0) is 25.4. The number of nitrogens with zero attached hydrogens (tertiary/aromatic N) is 3. The van der Waals surface area contributed by atoms with Crippen molar-refractivity contribution in [2.75, 3.05) is 29.4 Å². The molecule has 0 bridgehead atoms. The molecule has 1 unspecified atom stereocenters. The Morgan fingerprint density at radius 3 is 2.51 bits per heavy atom. The van der Waals surface area contributed by atoms with Gasteiger partial charge in [-0.3, -0.25) is 14.6 Å². The van der Waals surface area contributed by atoms with Crippen LogP contribution in [0.5, 0.6) is 5.75 Å². The highest BCUT2D eigenvalue weighted by Crippen LogP contribution is 2.42. The number of carbonyl (C=O) groups is 2. The van der Waals surface area contributed by atoms with Crippen LogP contribution >= 0.6 is 0 Å². The van der Waals surface area contributed by atoms with Gasteiger partial charge in [0.2, 0.25) is 5.91 Å². The number of halogens is 1. The van der Waals surface area contributed by atoms with E-state index >= 15 is 0 Å². The van der Waals surface area contributed by atoms with Crippen LogP contribution in [0.15, 0.2) is 66.7 Å². The van der Waals surface area contributed by atoms with E-state index in [0.29, 0.717) is 35.7 Å². The van der Waals surface area contributed by atoms with Crippen LogP contribution in [0.2, 0.25) is 0 Å². The minimum Gasteiger partial charge on any atom is -0.487 e. The number of para-hydroxylation sites is 2. The molecule has 6 nitrogen and oxygen atoms in total. The minimum atomic E-state index is -0.518. The highest BCUT2D eigenvalue weighted by molar-refractivity contribution is 6.05. The fraction of sp³-hybridized carbons (Fsp3) is 0.333. The van der Waals surface area contributed by atoms with Crippen LogP contribution in [0, 0.1) is 5.82 Å². The Balaban J connectivity index is 1.33. The molecule has 0 spiro atoms. The third-order valence-electron chi connectivity index (χ3n) is 7.76. The summed E-state index contributed by atoms with van der Waals surface area (Å²) in [7, 11) is 0. The maximum atomic E-state index is 14.3. The number of benzene rings is 3. The third-order valence-corrected chi connectivity index (χ3v) is 7.76. The van der Waals surface area contributed by atoms with Crippen molar-refractivity contribution in [3.8, 4) is 5.75 Å². The molecule has 1 amide bonds. The van der Waals surface area contributed by atoms with Gasteiger partial charge in [-0.05, 0) is 73.7 Å². The Bertz CT molecular complexity index is 1310. The zero-order valence-electron chi connectivity index (χ0n) is 20.7. The van der Waals surface area contributed by atoms with Gasteiger partial charge in [0.25, 0.3) is 0 Å². The molecule has 7 heteroatoms. The summed E-state index contributed by atoms with van der Waals surface area (Å²) in [5.41, 5.74) is 3.91. The summed E-state index contributed by atoms with van der Waals surface area (Å²) in [4.78, 5) is 32.7. The Kier molecular flexibility index (Phi) is 6.38. The lowest BCUT2D eigenvalue weighted by Gasteiger charge is -2.33. The molecular formula is C30H30FN3O3. The minimum absolute atomic E-state index is 0.135. The van der Waals surface area contributed by atoms with Crippen molar-refractivity contribution in [1.29, 1.82) is 0 Å². The number of hydrogen-bond acceptors (Lipinski definition) is 5.